The molecule has 0 saturated heterocycles. The van der Waals surface area contributed by atoms with Crippen molar-refractivity contribution in [3.8, 4) is 0 Å². The average molecular weight is 529 g/mol. The van der Waals surface area contributed by atoms with Crippen LogP contribution in [0.3, 0.4) is 0 Å². The minimum Gasteiger partial charge on any atom is -0.377 e. The predicted molar refractivity (Wildman–Crippen MR) is 141 cm³/mol. The minimum absolute atomic E-state index is 0.0552. The number of carbonyl (C=O) groups excluding carboxylic acids is 4. The molecule has 0 saturated carbocycles. The zero-order valence-corrected chi connectivity index (χ0v) is 23.9. The highest BCUT2D eigenvalue weighted by Gasteiger charge is 2.26. The summed E-state index contributed by atoms with van der Waals surface area (Å²) >= 11 is 0. The molecule has 0 aromatic rings. The van der Waals surface area contributed by atoms with Crippen molar-refractivity contribution in [1.29, 1.82) is 0 Å². The molecule has 0 fully saturated rings. The van der Waals surface area contributed by atoms with Crippen molar-refractivity contribution < 1.29 is 38.1 Å². The second kappa shape index (κ2) is 19.0. The van der Waals surface area contributed by atoms with Crippen molar-refractivity contribution in [2.75, 3.05) is 52.7 Å². The highest BCUT2D eigenvalue weighted by atomic mass is 16.6. The first-order valence-electron chi connectivity index (χ1n) is 13.2. The van der Waals surface area contributed by atoms with Gasteiger partial charge >= 0.3 is 0 Å². The van der Waals surface area contributed by atoms with Gasteiger partial charge in [0.1, 0.15) is 5.78 Å². The molecule has 1 heterocycles. The zero-order valence-electron chi connectivity index (χ0n) is 23.9. The second-order valence-corrected chi connectivity index (χ2v) is 9.53. The number of carbonyl (C=O) groups is 4. The molecule has 0 atom stereocenters. The Morgan fingerprint density at radius 2 is 1.41 bits per heavy atom. The molecule has 1 N–H and O–H groups in total. The van der Waals surface area contributed by atoms with Crippen molar-refractivity contribution in [3.05, 3.63) is 12.2 Å². The van der Waals surface area contributed by atoms with E-state index in [4.69, 9.17) is 18.9 Å². The van der Waals surface area contributed by atoms with Crippen LogP contribution in [-0.4, -0.2) is 92.3 Å². The van der Waals surface area contributed by atoms with Crippen LogP contribution >= 0.6 is 0 Å². The first-order chi connectivity index (χ1) is 17.5. The molecule has 1 rings (SSSR count). The number of amides is 3. The summed E-state index contributed by atoms with van der Waals surface area (Å²) in [5.41, 5.74) is -0.863. The number of nitrogens with zero attached hydrogens (tertiary/aromatic N) is 1. The van der Waals surface area contributed by atoms with Gasteiger partial charge in [0, 0.05) is 44.5 Å². The Morgan fingerprint density at radius 1 is 0.838 bits per heavy atom. The molecule has 0 bridgehead atoms. The third kappa shape index (κ3) is 17.1. The van der Waals surface area contributed by atoms with E-state index in [9.17, 15) is 19.2 Å². The number of ketones is 1. The summed E-state index contributed by atoms with van der Waals surface area (Å²) in [4.78, 5) is 47.2. The summed E-state index contributed by atoms with van der Waals surface area (Å²) in [6.45, 7) is 16.5. The minimum atomic E-state index is -0.476. The van der Waals surface area contributed by atoms with Gasteiger partial charge in [0.25, 0.3) is 11.8 Å². The lowest BCUT2D eigenvalue weighted by molar-refractivity contribution is -0.137. The van der Waals surface area contributed by atoms with Crippen LogP contribution in [0.1, 0.15) is 74.1 Å². The normalized spacial score (nSPS) is 13.5. The van der Waals surface area contributed by atoms with Crippen LogP contribution in [0.4, 0.5) is 0 Å². The number of imide groups is 1. The van der Waals surface area contributed by atoms with Crippen LogP contribution in [-0.2, 0) is 38.1 Å². The zero-order chi connectivity index (χ0) is 28.3. The van der Waals surface area contributed by atoms with Crippen molar-refractivity contribution in [2.45, 2.75) is 85.4 Å². The summed E-state index contributed by atoms with van der Waals surface area (Å²) in [6, 6.07) is 0. The standard InChI is InChI=1S/C25H42N2O8.C2H6/c1-6-20(28)9-11-24(2,3)35-19-25(4,5)34-18-17-33-16-15-32-14-12-26-21(29)10-13-27-22(30)7-8-23(27)31;1-2/h7-8H,6,9-19H2,1-5H3,(H,26,29);1-2H3. The third-order valence-corrected chi connectivity index (χ3v) is 5.33. The van der Waals surface area contributed by atoms with Crippen LogP contribution in [0.2, 0.25) is 0 Å². The molecule has 0 aromatic carbocycles. The first-order valence-corrected chi connectivity index (χ1v) is 13.2. The van der Waals surface area contributed by atoms with Gasteiger partial charge in [-0.1, -0.05) is 20.8 Å². The Bertz CT molecular complexity index is 716. The number of Topliss-reactive ketones (excluding diaryl/α,β-unsaturated/α-hetero) is 1. The fraction of sp³-hybridized carbons (Fsp3) is 0.778. The van der Waals surface area contributed by atoms with E-state index in [2.05, 4.69) is 5.32 Å². The number of hydrogen-bond donors (Lipinski definition) is 1. The lowest BCUT2D eigenvalue weighted by Gasteiger charge is -2.32. The van der Waals surface area contributed by atoms with Crippen molar-refractivity contribution >= 4 is 23.5 Å². The Hall–Kier alpha value is -2.14. The fourth-order valence-electron chi connectivity index (χ4n) is 3.01. The maximum Gasteiger partial charge on any atom is 0.253 e. The Balaban J connectivity index is 0.00000631. The highest BCUT2D eigenvalue weighted by molar-refractivity contribution is 6.13. The van der Waals surface area contributed by atoms with Crippen LogP contribution in [0.5, 0.6) is 0 Å². The lowest BCUT2D eigenvalue weighted by atomic mass is 9.99. The quantitative estimate of drug-likeness (QED) is 0.189. The van der Waals surface area contributed by atoms with Gasteiger partial charge in [-0.05, 0) is 34.1 Å². The van der Waals surface area contributed by atoms with Gasteiger partial charge in [0.2, 0.25) is 5.91 Å². The summed E-state index contributed by atoms with van der Waals surface area (Å²) < 4.78 is 22.8. The number of rotatable bonds is 20. The number of nitrogens with one attached hydrogen (secondary N) is 1. The fourth-order valence-corrected chi connectivity index (χ4v) is 3.01. The van der Waals surface area contributed by atoms with Crippen LogP contribution in [0.25, 0.3) is 0 Å². The van der Waals surface area contributed by atoms with Crippen molar-refractivity contribution in [3.63, 3.8) is 0 Å². The van der Waals surface area contributed by atoms with Gasteiger partial charge in [-0.25, -0.2) is 0 Å². The summed E-state index contributed by atoms with van der Waals surface area (Å²) in [7, 11) is 0. The molecular formula is C27H48N2O8. The van der Waals surface area contributed by atoms with Crippen molar-refractivity contribution in [1.82, 2.24) is 10.2 Å². The number of ether oxygens (including phenoxy) is 4. The topological polar surface area (TPSA) is 120 Å². The molecule has 10 nitrogen and oxygen atoms in total. The lowest BCUT2D eigenvalue weighted by Crippen LogP contribution is -2.37. The molecule has 1 aliphatic heterocycles. The van der Waals surface area contributed by atoms with E-state index in [0.717, 1.165) is 4.90 Å². The molecule has 3 amide bonds. The van der Waals surface area contributed by atoms with E-state index in [-0.39, 0.29) is 30.3 Å². The van der Waals surface area contributed by atoms with Gasteiger partial charge < -0.3 is 24.3 Å². The maximum atomic E-state index is 11.8. The molecule has 0 aliphatic carbocycles. The molecule has 0 radical (unpaired) electrons. The van der Waals surface area contributed by atoms with Gasteiger partial charge in [-0.15, -0.1) is 0 Å². The third-order valence-electron chi connectivity index (χ3n) is 5.33. The largest absolute Gasteiger partial charge is 0.377 e. The predicted octanol–water partition coefficient (Wildman–Crippen LogP) is 2.83. The molecule has 0 unspecified atom stereocenters. The maximum absolute atomic E-state index is 11.8. The van der Waals surface area contributed by atoms with Crippen LogP contribution < -0.4 is 5.32 Å². The van der Waals surface area contributed by atoms with Gasteiger partial charge in [0.15, 0.2) is 0 Å². The van der Waals surface area contributed by atoms with E-state index in [0.29, 0.717) is 65.4 Å². The smallest absolute Gasteiger partial charge is 0.253 e. The summed E-state index contributed by atoms with van der Waals surface area (Å²) in [5, 5.41) is 2.68. The van der Waals surface area contributed by atoms with Crippen molar-refractivity contribution in [2.24, 2.45) is 0 Å². The average Bonchev–Trinajstić information content (AvgIpc) is 3.19. The molecule has 0 spiro atoms. The Morgan fingerprint density at radius 3 is 2.00 bits per heavy atom. The second-order valence-electron chi connectivity index (χ2n) is 9.53. The summed E-state index contributed by atoms with van der Waals surface area (Å²) in [6.07, 6.45) is 4.20. The van der Waals surface area contributed by atoms with E-state index in [1.807, 2.05) is 48.5 Å². The van der Waals surface area contributed by atoms with Gasteiger partial charge in [-0.2, -0.15) is 0 Å². The van der Waals surface area contributed by atoms with Crippen LogP contribution in [0, 0.1) is 0 Å². The van der Waals surface area contributed by atoms with E-state index in [1.165, 1.54) is 12.2 Å². The van der Waals surface area contributed by atoms with Gasteiger partial charge in [-0.3, -0.25) is 24.1 Å². The Labute approximate surface area is 222 Å². The monoisotopic (exact) mass is 528 g/mol. The molecule has 1 aliphatic rings. The molecule has 0 aromatic heterocycles. The van der Waals surface area contributed by atoms with E-state index < -0.39 is 17.4 Å². The molecule has 37 heavy (non-hydrogen) atoms. The van der Waals surface area contributed by atoms with Crippen LogP contribution in [0.15, 0.2) is 12.2 Å². The SMILES string of the molecule is CC.CCC(=O)CCC(C)(C)OCC(C)(C)OCCOCCOCCNC(=O)CCN1C(=O)C=CC1=O. The molecule has 214 valence electrons. The Kier molecular flexibility index (Phi) is 17.9. The van der Waals surface area contributed by atoms with E-state index in [1.54, 1.807) is 0 Å². The molecule has 10 heteroatoms. The van der Waals surface area contributed by atoms with E-state index >= 15 is 0 Å². The molecular weight excluding hydrogens is 480 g/mol. The highest BCUT2D eigenvalue weighted by Crippen LogP contribution is 2.21. The number of hydrogen-bond acceptors (Lipinski definition) is 8. The first kappa shape index (κ1) is 34.9. The summed E-state index contributed by atoms with van der Waals surface area (Å²) in [5.74, 6) is -0.798. The van der Waals surface area contributed by atoms with Gasteiger partial charge in [0.05, 0.1) is 50.8 Å².